The third-order valence-corrected chi connectivity index (χ3v) is 6.24. The first kappa shape index (κ1) is 26.3. The second kappa shape index (κ2) is 12.0. The normalized spacial score (nSPS) is 15.6. The number of methoxy groups -OCH3 is 1. The van der Waals surface area contributed by atoms with Gasteiger partial charge in [-0.3, -0.25) is 20.2 Å². The van der Waals surface area contributed by atoms with Crippen LogP contribution < -0.4 is 20.4 Å². The predicted molar refractivity (Wildman–Crippen MR) is 141 cm³/mol. The number of hydrogen-bond donors (Lipinski definition) is 2. The summed E-state index contributed by atoms with van der Waals surface area (Å²) in [6, 6.07) is 9.19. The van der Waals surface area contributed by atoms with E-state index in [0.717, 1.165) is 5.69 Å². The van der Waals surface area contributed by atoms with Crippen molar-refractivity contribution in [2.24, 2.45) is 0 Å². The Morgan fingerprint density at radius 3 is 2.16 bits per heavy atom. The van der Waals surface area contributed by atoms with Crippen molar-refractivity contribution < 1.29 is 28.7 Å². The van der Waals surface area contributed by atoms with Gasteiger partial charge in [-0.15, -0.1) is 0 Å². The first-order valence-electron chi connectivity index (χ1n) is 11.7. The molecule has 2 aliphatic rings. The lowest BCUT2D eigenvalue weighted by Crippen LogP contribution is -2.40. The maximum absolute atomic E-state index is 13.3. The Bertz CT molecular complexity index is 1200. The van der Waals surface area contributed by atoms with E-state index in [-0.39, 0.29) is 16.4 Å². The lowest BCUT2D eigenvalue weighted by Gasteiger charge is -2.31. The highest BCUT2D eigenvalue weighted by molar-refractivity contribution is 7.80. The number of anilines is 3. The molecule has 0 aliphatic carbocycles. The average molecular weight is 530 g/mol. The molecular formula is C24H27N5O7S. The SMILES string of the molecule is COC(=O)c1ccc(N2CCOCC2)c(NC(=S)NC(=O)c2cc([N+](=O)[O-])ccc2N2CCOCC2)c1. The molecule has 4 rings (SSSR count). The molecule has 0 aromatic heterocycles. The maximum atomic E-state index is 13.3. The lowest BCUT2D eigenvalue weighted by atomic mass is 10.1. The minimum atomic E-state index is -0.597. The molecule has 2 aromatic carbocycles. The number of morpholine rings is 2. The van der Waals surface area contributed by atoms with Gasteiger partial charge in [-0.1, -0.05) is 0 Å². The highest BCUT2D eigenvalue weighted by Crippen LogP contribution is 2.29. The number of hydrogen-bond acceptors (Lipinski definition) is 10. The molecule has 2 heterocycles. The van der Waals surface area contributed by atoms with E-state index in [0.29, 0.717) is 69.5 Å². The number of thiocarbonyl (C=S) groups is 1. The van der Waals surface area contributed by atoms with Gasteiger partial charge in [0.2, 0.25) is 0 Å². The van der Waals surface area contributed by atoms with Gasteiger partial charge in [-0.05, 0) is 36.5 Å². The minimum Gasteiger partial charge on any atom is -0.465 e. The number of esters is 1. The van der Waals surface area contributed by atoms with Gasteiger partial charge in [-0.25, -0.2) is 4.79 Å². The molecule has 12 nitrogen and oxygen atoms in total. The first-order valence-corrected chi connectivity index (χ1v) is 12.1. The number of carbonyl (C=O) groups excluding carboxylic acids is 2. The number of nitrogens with zero attached hydrogens (tertiary/aromatic N) is 3. The Morgan fingerprint density at radius 2 is 1.57 bits per heavy atom. The maximum Gasteiger partial charge on any atom is 0.337 e. The van der Waals surface area contributed by atoms with Crippen LogP contribution in [0.25, 0.3) is 0 Å². The van der Waals surface area contributed by atoms with Crippen LogP contribution >= 0.6 is 12.2 Å². The fourth-order valence-electron chi connectivity index (χ4n) is 4.18. The van der Waals surface area contributed by atoms with Gasteiger partial charge in [0.05, 0.1) is 66.6 Å². The van der Waals surface area contributed by atoms with Crippen LogP contribution in [-0.2, 0) is 14.2 Å². The summed E-state index contributed by atoms with van der Waals surface area (Å²) in [4.78, 5) is 40.2. The zero-order valence-corrected chi connectivity index (χ0v) is 21.0. The van der Waals surface area contributed by atoms with Gasteiger partial charge in [0, 0.05) is 38.3 Å². The number of carbonyl (C=O) groups is 2. The summed E-state index contributed by atoms with van der Waals surface area (Å²) in [5, 5.41) is 17.0. The van der Waals surface area contributed by atoms with Crippen LogP contribution in [-0.4, -0.2) is 81.6 Å². The molecule has 2 N–H and O–H groups in total. The average Bonchev–Trinajstić information content (AvgIpc) is 2.93. The van der Waals surface area contributed by atoms with Gasteiger partial charge in [0.25, 0.3) is 11.6 Å². The number of amides is 1. The molecule has 196 valence electrons. The third-order valence-electron chi connectivity index (χ3n) is 6.03. The largest absolute Gasteiger partial charge is 0.465 e. The molecule has 0 saturated carbocycles. The third kappa shape index (κ3) is 6.31. The number of nitro benzene ring substituents is 1. The zero-order valence-electron chi connectivity index (χ0n) is 20.2. The summed E-state index contributed by atoms with van der Waals surface area (Å²) in [5.41, 5.74) is 2.05. The van der Waals surface area contributed by atoms with Crippen LogP contribution in [0.1, 0.15) is 20.7 Å². The monoisotopic (exact) mass is 529 g/mol. The van der Waals surface area contributed by atoms with Crippen LogP contribution in [0.4, 0.5) is 22.7 Å². The van der Waals surface area contributed by atoms with Crippen LogP contribution in [0.2, 0.25) is 0 Å². The van der Waals surface area contributed by atoms with Crippen molar-refractivity contribution in [3.05, 3.63) is 57.6 Å². The molecule has 37 heavy (non-hydrogen) atoms. The fraction of sp³-hybridized carbons (Fsp3) is 0.375. The first-order chi connectivity index (χ1) is 17.9. The van der Waals surface area contributed by atoms with E-state index in [1.807, 2.05) is 4.90 Å². The number of nitro groups is 1. The molecule has 2 aliphatic heterocycles. The highest BCUT2D eigenvalue weighted by atomic mass is 32.1. The highest BCUT2D eigenvalue weighted by Gasteiger charge is 2.24. The molecule has 0 spiro atoms. The van der Waals surface area contributed by atoms with Crippen molar-refractivity contribution in [3.8, 4) is 0 Å². The van der Waals surface area contributed by atoms with Crippen LogP contribution in [0.5, 0.6) is 0 Å². The summed E-state index contributed by atoms with van der Waals surface area (Å²) in [5.74, 6) is -1.11. The quantitative estimate of drug-likeness (QED) is 0.247. The van der Waals surface area contributed by atoms with Gasteiger partial charge in [-0.2, -0.15) is 0 Å². The van der Waals surface area contributed by atoms with E-state index in [2.05, 4.69) is 15.5 Å². The zero-order chi connectivity index (χ0) is 26.4. The van der Waals surface area contributed by atoms with Crippen LogP contribution in [0.3, 0.4) is 0 Å². The minimum absolute atomic E-state index is 0.0269. The molecule has 0 radical (unpaired) electrons. The van der Waals surface area contributed by atoms with E-state index in [9.17, 15) is 19.7 Å². The van der Waals surface area contributed by atoms with E-state index in [1.165, 1.54) is 19.2 Å². The summed E-state index contributed by atoms with van der Waals surface area (Å²) in [7, 11) is 1.29. The van der Waals surface area contributed by atoms with Gasteiger partial charge < -0.3 is 29.3 Å². The summed E-state index contributed by atoms with van der Waals surface area (Å²) < 4.78 is 15.7. The van der Waals surface area contributed by atoms with E-state index in [1.54, 1.807) is 24.3 Å². The summed E-state index contributed by atoms with van der Waals surface area (Å²) in [6.45, 7) is 4.45. The number of nitrogens with one attached hydrogen (secondary N) is 2. The second-order valence-electron chi connectivity index (χ2n) is 8.29. The summed E-state index contributed by atoms with van der Waals surface area (Å²) in [6.07, 6.45) is 0. The Kier molecular flexibility index (Phi) is 8.48. The molecule has 2 fully saturated rings. The second-order valence-corrected chi connectivity index (χ2v) is 8.70. The standard InChI is InChI=1S/C24H27N5O7S/c1-34-23(31)16-2-4-21(28-8-12-36-13-9-28)19(14-16)25-24(37)26-22(30)18-15-17(29(32)33)3-5-20(18)27-6-10-35-11-7-27/h2-5,14-15H,6-13H2,1H3,(H2,25,26,30,37). The number of non-ortho nitro benzene ring substituents is 1. The molecule has 13 heteroatoms. The van der Waals surface area contributed by atoms with Crippen molar-refractivity contribution in [3.63, 3.8) is 0 Å². The topological polar surface area (TPSA) is 136 Å². The number of ether oxygens (including phenoxy) is 3. The van der Waals surface area contributed by atoms with Crippen molar-refractivity contribution in [2.75, 3.05) is 74.8 Å². The Labute approximate surface area is 218 Å². The Morgan fingerprint density at radius 1 is 0.973 bits per heavy atom. The number of rotatable bonds is 6. The van der Waals surface area contributed by atoms with Crippen molar-refractivity contribution in [1.82, 2.24) is 5.32 Å². The van der Waals surface area contributed by atoms with Gasteiger partial charge in [0.15, 0.2) is 5.11 Å². The molecule has 0 atom stereocenters. The molecule has 0 unspecified atom stereocenters. The lowest BCUT2D eigenvalue weighted by molar-refractivity contribution is -0.384. The van der Waals surface area contributed by atoms with E-state index in [4.69, 9.17) is 26.4 Å². The van der Waals surface area contributed by atoms with Crippen LogP contribution in [0, 0.1) is 10.1 Å². The summed E-state index contributed by atoms with van der Waals surface area (Å²) >= 11 is 5.42. The van der Waals surface area contributed by atoms with Crippen molar-refractivity contribution in [1.29, 1.82) is 0 Å². The molecule has 1 amide bonds. The van der Waals surface area contributed by atoms with E-state index < -0.39 is 16.8 Å². The van der Waals surface area contributed by atoms with E-state index >= 15 is 0 Å². The number of benzene rings is 2. The Balaban J connectivity index is 1.58. The Hall–Kier alpha value is -3.81. The van der Waals surface area contributed by atoms with Crippen LogP contribution in [0.15, 0.2) is 36.4 Å². The molecule has 0 bridgehead atoms. The fourth-order valence-corrected chi connectivity index (χ4v) is 4.39. The molecule has 2 aromatic rings. The molecule has 2 saturated heterocycles. The van der Waals surface area contributed by atoms with Crippen molar-refractivity contribution in [2.45, 2.75) is 0 Å². The van der Waals surface area contributed by atoms with Gasteiger partial charge >= 0.3 is 5.97 Å². The predicted octanol–water partition coefficient (Wildman–Crippen LogP) is 2.18. The van der Waals surface area contributed by atoms with Gasteiger partial charge in [0.1, 0.15) is 0 Å². The van der Waals surface area contributed by atoms with Crippen molar-refractivity contribution >= 4 is 52.0 Å². The molecular weight excluding hydrogens is 502 g/mol. The smallest absolute Gasteiger partial charge is 0.337 e.